The van der Waals surface area contributed by atoms with Gasteiger partial charge in [0.15, 0.2) is 6.10 Å². The summed E-state index contributed by atoms with van der Waals surface area (Å²) in [5.74, 6) is -0.881. The normalized spacial score (nSPS) is 12.8. The van der Waals surface area contributed by atoms with Gasteiger partial charge in [-0.2, -0.15) is 0 Å². The van der Waals surface area contributed by atoms with Gasteiger partial charge in [-0.3, -0.25) is 14.4 Å². The largest absolute Gasteiger partial charge is 0.462 e. The number of hydrogen-bond donors (Lipinski definition) is 0. The van der Waals surface area contributed by atoms with Gasteiger partial charge in [-0.25, -0.2) is 0 Å². The topological polar surface area (TPSA) is 78.9 Å². The Bertz CT molecular complexity index is 1610. The van der Waals surface area contributed by atoms with Gasteiger partial charge in [-0.1, -0.05) is 304 Å². The molecular weight excluding hydrogens is 985 g/mol. The predicted molar refractivity (Wildman–Crippen MR) is 348 cm³/mol. The summed E-state index contributed by atoms with van der Waals surface area (Å²) >= 11 is 0. The first-order valence-electron chi connectivity index (χ1n) is 33.9. The number of unbranched alkanes of at least 4 members (excludes halogenated alkanes) is 32. The van der Waals surface area contributed by atoms with Crippen LogP contribution in [0.15, 0.2) is 109 Å². The van der Waals surface area contributed by atoms with Crippen molar-refractivity contribution >= 4 is 17.9 Å². The highest BCUT2D eigenvalue weighted by Gasteiger charge is 2.19. The monoisotopic (exact) mass is 1110 g/mol. The number of allylic oxidation sites excluding steroid dienone is 18. The first-order valence-corrected chi connectivity index (χ1v) is 33.9. The Hall–Kier alpha value is -3.93. The van der Waals surface area contributed by atoms with Crippen molar-refractivity contribution in [2.75, 3.05) is 13.2 Å². The summed E-state index contributed by atoms with van der Waals surface area (Å²) in [6.45, 7) is 6.52. The maximum Gasteiger partial charge on any atom is 0.306 e. The Balaban J connectivity index is 4.24. The summed E-state index contributed by atoms with van der Waals surface area (Å²) in [5, 5.41) is 0. The lowest BCUT2D eigenvalue weighted by Gasteiger charge is -2.18. The van der Waals surface area contributed by atoms with Crippen molar-refractivity contribution in [1.82, 2.24) is 0 Å². The smallest absolute Gasteiger partial charge is 0.306 e. The minimum Gasteiger partial charge on any atom is -0.462 e. The Kier molecular flexibility index (Phi) is 64.3. The van der Waals surface area contributed by atoms with Gasteiger partial charge in [0.05, 0.1) is 0 Å². The second kappa shape index (κ2) is 67.6. The fourth-order valence-corrected chi connectivity index (χ4v) is 9.45. The second-order valence-electron chi connectivity index (χ2n) is 22.4. The molecule has 458 valence electrons. The molecule has 0 heterocycles. The van der Waals surface area contributed by atoms with Gasteiger partial charge in [-0.15, -0.1) is 0 Å². The molecule has 0 bridgehead atoms. The van der Waals surface area contributed by atoms with Gasteiger partial charge in [0.1, 0.15) is 13.2 Å². The molecule has 0 saturated carbocycles. The third-order valence-corrected chi connectivity index (χ3v) is 14.5. The maximum atomic E-state index is 12.9. The van der Waals surface area contributed by atoms with Crippen LogP contribution >= 0.6 is 0 Å². The molecule has 0 amide bonds. The summed E-state index contributed by atoms with van der Waals surface area (Å²) in [7, 11) is 0. The highest BCUT2D eigenvalue weighted by atomic mass is 16.6. The average molecular weight is 1110 g/mol. The first kappa shape index (κ1) is 76.1. The van der Waals surface area contributed by atoms with Crippen molar-refractivity contribution in [3.63, 3.8) is 0 Å². The fraction of sp³-hybridized carbons (Fsp3) is 0.716. The number of hydrogen-bond acceptors (Lipinski definition) is 6. The van der Waals surface area contributed by atoms with E-state index in [1.165, 1.54) is 167 Å². The summed E-state index contributed by atoms with van der Waals surface area (Å²) in [6.07, 6.45) is 92.5. The van der Waals surface area contributed by atoms with Crippen LogP contribution < -0.4 is 0 Å². The third-order valence-electron chi connectivity index (χ3n) is 14.5. The van der Waals surface area contributed by atoms with Crippen molar-refractivity contribution in [1.29, 1.82) is 0 Å². The molecule has 0 saturated heterocycles. The summed E-state index contributed by atoms with van der Waals surface area (Å²) in [4.78, 5) is 38.3. The summed E-state index contributed by atoms with van der Waals surface area (Å²) in [6, 6.07) is 0. The molecule has 0 aromatic rings. The van der Waals surface area contributed by atoms with Crippen molar-refractivity contribution in [3.05, 3.63) is 109 Å². The van der Waals surface area contributed by atoms with Gasteiger partial charge >= 0.3 is 17.9 Å². The summed E-state index contributed by atoms with van der Waals surface area (Å²) in [5.41, 5.74) is 0. The predicted octanol–water partition coefficient (Wildman–Crippen LogP) is 23.4. The van der Waals surface area contributed by atoms with E-state index in [0.717, 1.165) is 116 Å². The van der Waals surface area contributed by atoms with E-state index in [2.05, 4.69) is 130 Å². The van der Waals surface area contributed by atoms with Crippen LogP contribution in [-0.4, -0.2) is 37.2 Å². The Morgan fingerprint density at radius 3 is 0.762 bits per heavy atom. The van der Waals surface area contributed by atoms with E-state index in [-0.39, 0.29) is 31.1 Å². The molecule has 0 fully saturated rings. The van der Waals surface area contributed by atoms with Gasteiger partial charge in [0, 0.05) is 19.3 Å². The first-order chi connectivity index (χ1) is 39.5. The molecule has 80 heavy (non-hydrogen) atoms. The molecule has 0 spiro atoms. The average Bonchev–Trinajstić information content (AvgIpc) is 3.46. The zero-order valence-corrected chi connectivity index (χ0v) is 52.6. The van der Waals surface area contributed by atoms with Crippen LogP contribution in [0.25, 0.3) is 0 Å². The molecule has 0 radical (unpaired) electrons. The molecule has 0 aromatic carbocycles. The van der Waals surface area contributed by atoms with Crippen LogP contribution in [0, 0.1) is 0 Å². The van der Waals surface area contributed by atoms with Gasteiger partial charge in [0.25, 0.3) is 0 Å². The van der Waals surface area contributed by atoms with Crippen molar-refractivity contribution in [3.8, 4) is 0 Å². The minimum atomic E-state index is -0.783. The molecule has 1 atom stereocenters. The van der Waals surface area contributed by atoms with E-state index in [9.17, 15) is 14.4 Å². The van der Waals surface area contributed by atoms with Gasteiger partial charge in [-0.05, 0) is 109 Å². The van der Waals surface area contributed by atoms with Crippen molar-refractivity contribution < 1.29 is 28.6 Å². The van der Waals surface area contributed by atoms with E-state index in [1.54, 1.807) is 0 Å². The number of rotatable bonds is 61. The van der Waals surface area contributed by atoms with E-state index < -0.39 is 6.10 Å². The van der Waals surface area contributed by atoms with Crippen LogP contribution in [0.5, 0.6) is 0 Å². The molecule has 0 aliphatic heterocycles. The molecule has 0 aliphatic rings. The van der Waals surface area contributed by atoms with E-state index in [1.807, 2.05) is 0 Å². The van der Waals surface area contributed by atoms with Gasteiger partial charge < -0.3 is 14.2 Å². The molecule has 6 heteroatoms. The molecule has 0 aromatic heterocycles. The quantitative estimate of drug-likeness (QED) is 0.0261. The lowest BCUT2D eigenvalue weighted by atomic mass is 10.1. The van der Waals surface area contributed by atoms with E-state index in [4.69, 9.17) is 14.2 Å². The third kappa shape index (κ3) is 64.9. The molecule has 1 unspecified atom stereocenters. The number of ether oxygens (including phenoxy) is 3. The number of esters is 3. The van der Waals surface area contributed by atoms with Gasteiger partial charge in [0.2, 0.25) is 0 Å². The zero-order chi connectivity index (χ0) is 57.8. The van der Waals surface area contributed by atoms with Crippen LogP contribution in [-0.2, 0) is 28.6 Å². The Labute approximate surface area is 495 Å². The summed E-state index contributed by atoms with van der Waals surface area (Å²) < 4.78 is 16.9. The van der Waals surface area contributed by atoms with E-state index in [0.29, 0.717) is 19.3 Å². The van der Waals surface area contributed by atoms with Crippen LogP contribution in [0.3, 0.4) is 0 Å². The van der Waals surface area contributed by atoms with Crippen LogP contribution in [0.1, 0.15) is 323 Å². The van der Waals surface area contributed by atoms with Crippen LogP contribution in [0.2, 0.25) is 0 Å². The SMILES string of the molecule is CC/C=C\C/C=C\C/C=C\C/C=C\C/C=C\C/C=C\C/C=C\CCCCCCCCCCCC(=O)OCC(COC(=O)CCCCCCCCCCCC)OC(=O)CCCCCCCCCCC/C=C\C/C=C\CCCCCCC. The molecule has 0 N–H and O–H groups in total. The number of carbonyl (C=O) groups excluding carboxylic acids is 3. The fourth-order valence-electron chi connectivity index (χ4n) is 9.45. The highest BCUT2D eigenvalue weighted by molar-refractivity contribution is 5.71. The lowest BCUT2D eigenvalue weighted by Crippen LogP contribution is -2.30. The molecular formula is C74H126O6. The highest BCUT2D eigenvalue weighted by Crippen LogP contribution is 2.16. The van der Waals surface area contributed by atoms with Crippen molar-refractivity contribution in [2.45, 2.75) is 329 Å². The Morgan fingerprint density at radius 1 is 0.263 bits per heavy atom. The zero-order valence-electron chi connectivity index (χ0n) is 52.6. The second-order valence-corrected chi connectivity index (χ2v) is 22.4. The molecule has 6 nitrogen and oxygen atoms in total. The number of carbonyl (C=O) groups is 3. The lowest BCUT2D eigenvalue weighted by molar-refractivity contribution is -0.167. The Morgan fingerprint density at radius 2 is 0.487 bits per heavy atom. The molecule has 0 rings (SSSR count). The maximum absolute atomic E-state index is 12.9. The molecule has 0 aliphatic carbocycles. The van der Waals surface area contributed by atoms with E-state index >= 15 is 0 Å². The standard InChI is InChI=1S/C74H126O6/c1-4-7-10-13-16-19-22-24-26-28-30-32-33-34-35-36-37-38-39-40-41-43-44-46-48-50-52-55-58-61-64-67-73(76)79-70-71(69-78-72(75)66-63-60-57-54-21-18-15-12-9-6-3)80-74(77)68-65-62-59-56-53-51-49-47-45-42-31-29-27-25-23-20-17-14-11-8-5-2/h7,10,16,19,23-26,29-32,34-35,37-38,40-41,71H,4-6,8-9,11-15,17-18,20-22,27-28,33,36,39,42-70H2,1-3H3/b10-7-,19-16-,25-23-,26-24-,31-29-,32-30-,35-34-,38-37-,41-40-. The van der Waals surface area contributed by atoms with Crippen LogP contribution in [0.4, 0.5) is 0 Å². The minimum absolute atomic E-state index is 0.0790. The van der Waals surface area contributed by atoms with Crippen molar-refractivity contribution in [2.24, 2.45) is 0 Å².